The van der Waals surface area contributed by atoms with Gasteiger partial charge in [-0.2, -0.15) is 0 Å². The number of amides is 1. The van der Waals surface area contributed by atoms with Crippen LogP contribution in [-0.4, -0.2) is 11.7 Å². The van der Waals surface area contributed by atoms with Crippen LogP contribution < -0.4 is 5.32 Å². The summed E-state index contributed by atoms with van der Waals surface area (Å²) in [6.07, 6.45) is -0.0959. The fourth-order valence-corrected chi connectivity index (χ4v) is 1.46. The van der Waals surface area contributed by atoms with E-state index in [4.69, 9.17) is 23.2 Å². The van der Waals surface area contributed by atoms with E-state index in [9.17, 15) is 9.59 Å². The fraction of sp³-hybridized carbons (Fsp3) is 0.273. The van der Waals surface area contributed by atoms with E-state index in [1.807, 2.05) is 0 Å². The number of halogens is 2. The molecule has 0 fully saturated rings. The van der Waals surface area contributed by atoms with Gasteiger partial charge >= 0.3 is 0 Å². The monoisotopic (exact) mass is 259 g/mol. The Kier molecular flexibility index (Phi) is 4.77. The third kappa shape index (κ3) is 4.21. The quantitative estimate of drug-likeness (QED) is 0.846. The van der Waals surface area contributed by atoms with Crippen molar-refractivity contribution in [1.82, 2.24) is 5.32 Å². The first-order valence-electron chi connectivity index (χ1n) is 4.69. The lowest BCUT2D eigenvalue weighted by Gasteiger charge is -2.05. The predicted molar refractivity (Wildman–Crippen MR) is 63.6 cm³/mol. The highest BCUT2D eigenvalue weighted by Crippen LogP contribution is 2.22. The van der Waals surface area contributed by atoms with Gasteiger partial charge in [-0.1, -0.05) is 29.3 Å². The summed E-state index contributed by atoms with van der Waals surface area (Å²) in [6.45, 7) is 1.71. The SMILES string of the molecule is CC(=O)CC(=O)NCc1ccc(Cl)c(Cl)c1. The molecule has 0 aliphatic heterocycles. The molecule has 0 aliphatic carbocycles. The van der Waals surface area contributed by atoms with Crippen LogP contribution in [0.5, 0.6) is 0 Å². The van der Waals surface area contributed by atoms with Gasteiger partial charge in [0.2, 0.25) is 5.91 Å². The number of carbonyl (C=O) groups excluding carboxylic acids is 2. The smallest absolute Gasteiger partial charge is 0.227 e. The first kappa shape index (κ1) is 13.0. The number of nitrogens with one attached hydrogen (secondary N) is 1. The number of carbonyl (C=O) groups is 2. The molecule has 86 valence electrons. The number of ketones is 1. The highest BCUT2D eigenvalue weighted by molar-refractivity contribution is 6.42. The summed E-state index contributed by atoms with van der Waals surface area (Å²) in [7, 11) is 0. The molecule has 0 atom stereocenters. The molecule has 0 bridgehead atoms. The molecule has 1 aromatic carbocycles. The first-order chi connectivity index (χ1) is 7.49. The molecule has 0 unspecified atom stereocenters. The molecule has 1 aromatic rings. The molecule has 0 saturated carbocycles. The lowest BCUT2D eigenvalue weighted by molar-refractivity contribution is -0.127. The Morgan fingerprint density at radius 2 is 1.94 bits per heavy atom. The standard InChI is InChI=1S/C11H11Cl2NO2/c1-7(15)4-11(16)14-6-8-2-3-9(12)10(13)5-8/h2-3,5H,4,6H2,1H3,(H,14,16). The highest BCUT2D eigenvalue weighted by atomic mass is 35.5. The number of hydrogen-bond donors (Lipinski definition) is 1. The lowest BCUT2D eigenvalue weighted by atomic mass is 10.2. The maximum atomic E-state index is 11.2. The summed E-state index contributed by atoms with van der Waals surface area (Å²) in [5, 5.41) is 3.53. The Labute approximate surface area is 104 Å². The van der Waals surface area contributed by atoms with Gasteiger partial charge in [0.25, 0.3) is 0 Å². The second kappa shape index (κ2) is 5.87. The molecule has 16 heavy (non-hydrogen) atoms. The zero-order chi connectivity index (χ0) is 12.1. The van der Waals surface area contributed by atoms with Crippen molar-refractivity contribution in [2.75, 3.05) is 0 Å². The molecular formula is C11H11Cl2NO2. The summed E-state index contributed by atoms with van der Waals surface area (Å²) < 4.78 is 0. The average Bonchev–Trinajstić information content (AvgIpc) is 2.19. The molecule has 3 nitrogen and oxygen atoms in total. The summed E-state index contributed by atoms with van der Waals surface area (Å²) in [5.41, 5.74) is 0.839. The van der Waals surface area contributed by atoms with Crippen LogP contribution in [0.2, 0.25) is 10.0 Å². The molecule has 1 amide bonds. The summed E-state index contributed by atoms with van der Waals surface area (Å²) in [6, 6.07) is 5.11. The Balaban J connectivity index is 2.51. The molecular weight excluding hydrogens is 249 g/mol. The van der Waals surface area contributed by atoms with Gasteiger partial charge in [0.1, 0.15) is 5.78 Å². The number of hydrogen-bond acceptors (Lipinski definition) is 2. The van der Waals surface area contributed by atoms with Crippen molar-refractivity contribution in [3.05, 3.63) is 33.8 Å². The molecule has 0 saturated heterocycles. The van der Waals surface area contributed by atoms with Crippen molar-refractivity contribution in [1.29, 1.82) is 0 Å². The minimum absolute atomic E-state index is 0.0959. The maximum Gasteiger partial charge on any atom is 0.227 e. The molecule has 1 rings (SSSR count). The average molecular weight is 260 g/mol. The van der Waals surface area contributed by atoms with E-state index < -0.39 is 0 Å². The van der Waals surface area contributed by atoms with Crippen molar-refractivity contribution >= 4 is 34.9 Å². The Morgan fingerprint density at radius 3 is 2.50 bits per heavy atom. The second-order valence-electron chi connectivity index (χ2n) is 3.40. The second-order valence-corrected chi connectivity index (χ2v) is 4.22. The van der Waals surface area contributed by atoms with E-state index in [-0.39, 0.29) is 18.1 Å². The minimum atomic E-state index is -0.293. The summed E-state index contributed by atoms with van der Waals surface area (Å²) >= 11 is 11.6. The Hall–Kier alpha value is -1.06. The Bertz CT molecular complexity index is 418. The minimum Gasteiger partial charge on any atom is -0.352 e. The van der Waals surface area contributed by atoms with Crippen LogP contribution in [0.15, 0.2) is 18.2 Å². The Morgan fingerprint density at radius 1 is 1.25 bits per heavy atom. The van der Waals surface area contributed by atoms with Crippen molar-refractivity contribution in [2.45, 2.75) is 19.9 Å². The zero-order valence-corrected chi connectivity index (χ0v) is 10.2. The van der Waals surface area contributed by atoms with Crippen LogP contribution in [0.3, 0.4) is 0 Å². The molecule has 0 heterocycles. The van der Waals surface area contributed by atoms with Crippen LogP contribution in [0.1, 0.15) is 18.9 Å². The summed E-state index contributed by atoms with van der Waals surface area (Å²) in [4.78, 5) is 21.9. The van der Waals surface area contributed by atoms with Gasteiger partial charge in [-0.3, -0.25) is 9.59 Å². The van der Waals surface area contributed by atoms with Gasteiger partial charge in [-0.05, 0) is 24.6 Å². The third-order valence-corrected chi connectivity index (χ3v) is 2.62. The van der Waals surface area contributed by atoms with E-state index >= 15 is 0 Å². The summed E-state index contributed by atoms with van der Waals surface area (Å²) in [5.74, 6) is -0.454. The van der Waals surface area contributed by atoms with E-state index in [2.05, 4.69) is 5.32 Å². The van der Waals surface area contributed by atoms with Gasteiger partial charge in [-0.25, -0.2) is 0 Å². The number of benzene rings is 1. The van der Waals surface area contributed by atoms with E-state index in [1.54, 1.807) is 18.2 Å². The molecule has 0 spiro atoms. The van der Waals surface area contributed by atoms with E-state index in [0.717, 1.165) is 5.56 Å². The van der Waals surface area contributed by atoms with E-state index in [1.165, 1.54) is 6.92 Å². The normalized spacial score (nSPS) is 9.94. The van der Waals surface area contributed by atoms with Gasteiger partial charge in [0.15, 0.2) is 0 Å². The molecule has 0 aliphatic rings. The first-order valence-corrected chi connectivity index (χ1v) is 5.44. The lowest BCUT2D eigenvalue weighted by Crippen LogP contribution is -2.24. The predicted octanol–water partition coefficient (Wildman–Crippen LogP) is 2.59. The molecule has 0 aromatic heterocycles. The van der Waals surface area contributed by atoms with Gasteiger partial charge in [0.05, 0.1) is 16.5 Å². The zero-order valence-electron chi connectivity index (χ0n) is 8.72. The van der Waals surface area contributed by atoms with Crippen molar-refractivity contribution < 1.29 is 9.59 Å². The van der Waals surface area contributed by atoms with Crippen LogP contribution in [-0.2, 0) is 16.1 Å². The molecule has 5 heteroatoms. The van der Waals surface area contributed by atoms with Crippen molar-refractivity contribution in [3.8, 4) is 0 Å². The van der Waals surface area contributed by atoms with Gasteiger partial charge in [-0.15, -0.1) is 0 Å². The topological polar surface area (TPSA) is 46.2 Å². The third-order valence-electron chi connectivity index (χ3n) is 1.88. The highest BCUT2D eigenvalue weighted by Gasteiger charge is 2.05. The molecule has 1 N–H and O–H groups in total. The van der Waals surface area contributed by atoms with Gasteiger partial charge < -0.3 is 5.32 Å². The van der Waals surface area contributed by atoms with Crippen LogP contribution in [0.4, 0.5) is 0 Å². The van der Waals surface area contributed by atoms with Crippen LogP contribution in [0.25, 0.3) is 0 Å². The largest absolute Gasteiger partial charge is 0.352 e. The van der Waals surface area contributed by atoms with Crippen molar-refractivity contribution in [3.63, 3.8) is 0 Å². The fourth-order valence-electron chi connectivity index (χ4n) is 1.14. The maximum absolute atomic E-state index is 11.2. The number of Topliss-reactive ketones (excluding diaryl/α,β-unsaturated/α-hetero) is 1. The van der Waals surface area contributed by atoms with Gasteiger partial charge in [0, 0.05) is 6.54 Å². The van der Waals surface area contributed by atoms with E-state index in [0.29, 0.717) is 16.6 Å². The van der Waals surface area contributed by atoms with Crippen LogP contribution >= 0.6 is 23.2 Å². The molecule has 0 radical (unpaired) electrons. The van der Waals surface area contributed by atoms with Crippen LogP contribution in [0, 0.1) is 0 Å². The number of rotatable bonds is 4. The van der Waals surface area contributed by atoms with Crippen molar-refractivity contribution in [2.24, 2.45) is 0 Å².